The van der Waals surface area contributed by atoms with Gasteiger partial charge in [-0.1, -0.05) is 12.5 Å². The molecule has 2 aromatic carbocycles. The predicted molar refractivity (Wildman–Crippen MR) is 109 cm³/mol. The van der Waals surface area contributed by atoms with E-state index in [1.165, 1.54) is 17.7 Å². The number of nitrogens with zero attached hydrogens (tertiary/aromatic N) is 1. The van der Waals surface area contributed by atoms with Gasteiger partial charge in [0.25, 0.3) is 0 Å². The van der Waals surface area contributed by atoms with E-state index in [0.717, 1.165) is 28.2 Å². The largest absolute Gasteiger partial charge is 0.398 e. The van der Waals surface area contributed by atoms with Crippen molar-refractivity contribution in [3.05, 3.63) is 57.7 Å². The van der Waals surface area contributed by atoms with E-state index in [-0.39, 0.29) is 0 Å². The fourth-order valence-corrected chi connectivity index (χ4v) is 3.34. The number of allylic oxidation sites excluding steroid dienone is 1. The van der Waals surface area contributed by atoms with Crippen molar-refractivity contribution in [1.82, 2.24) is 0 Å². The fourth-order valence-electron chi connectivity index (χ4n) is 2.65. The third-order valence-corrected chi connectivity index (χ3v) is 4.90. The van der Waals surface area contributed by atoms with Crippen molar-refractivity contribution in [2.75, 3.05) is 17.7 Å². The Morgan fingerprint density at radius 1 is 1.25 bits per heavy atom. The molecule has 3 nitrogen and oxygen atoms in total. The van der Waals surface area contributed by atoms with Crippen LogP contribution in [0.1, 0.15) is 25.8 Å². The van der Waals surface area contributed by atoms with Gasteiger partial charge in [0, 0.05) is 30.6 Å². The van der Waals surface area contributed by atoms with Gasteiger partial charge in [-0.15, -0.1) is 0 Å². The average Bonchev–Trinajstić information content (AvgIpc) is 2.58. The fraction of sp³-hybridized carbons (Fsp3) is 0.300. The van der Waals surface area contributed by atoms with Gasteiger partial charge >= 0.3 is 6.61 Å². The van der Waals surface area contributed by atoms with Gasteiger partial charge in [0.15, 0.2) is 0 Å². The quantitative estimate of drug-likeness (QED) is 0.417. The van der Waals surface area contributed by atoms with Crippen LogP contribution in [-0.2, 0) is 0 Å². The number of benzene rings is 2. The second kappa shape index (κ2) is 10.5. The van der Waals surface area contributed by atoms with Crippen LogP contribution in [0, 0.1) is 18.6 Å². The molecule has 28 heavy (non-hydrogen) atoms. The monoisotopic (exact) mass is 462 g/mol. The molecule has 0 aromatic heterocycles. The normalized spacial score (nSPS) is 11.3. The van der Waals surface area contributed by atoms with Gasteiger partial charge in [0.1, 0.15) is 11.6 Å². The Labute approximate surface area is 170 Å². The van der Waals surface area contributed by atoms with Crippen LogP contribution in [-0.4, -0.2) is 18.8 Å². The number of hydrogen-bond acceptors (Lipinski definition) is 3. The van der Waals surface area contributed by atoms with E-state index < -0.39 is 18.2 Å². The Morgan fingerprint density at radius 3 is 2.32 bits per heavy atom. The third kappa shape index (κ3) is 6.24. The van der Waals surface area contributed by atoms with Crippen molar-refractivity contribution in [3.8, 4) is 11.1 Å². The molecule has 3 N–H and O–H groups in total. The molecule has 2 aromatic rings. The molecule has 0 saturated heterocycles. The lowest BCUT2D eigenvalue weighted by Crippen LogP contribution is -2.13. The van der Waals surface area contributed by atoms with E-state index in [1.54, 1.807) is 6.07 Å². The number of rotatable bonds is 4. The van der Waals surface area contributed by atoms with Crippen molar-refractivity contribution in [3.63, 3.8) is 0 Å². The van der Waals surface area contributed by atoms with Crippen LogP contribution in [0.15, 0.2) is 40.5 Å². The second-order valence-corrected chi connectivity index (χ2v) is 6.94. The summed E-state index contributed by atoms with van der Waals surface area (Å²) >= 11 is 3.53. The van der Waals surface area contributed by atoms with Crippen LogP contribution >= 0.6 is 15.9 Å². The molecule has 154 valence electrons. The van der Waals surface area contributed by atoms with Gasteiger partial charge in [-0.05, 0) is 65.5 Å². The van der Waals surface area contributed by atoms with Crippen molar-refractivity contribution in [1.29, 1.82) is 0 Å². The summed E-state index contributed by atoms with van der Waals surface area (Å²) in [7, 11) is 1.93. The molecule has 0 radical (unpaired) electrons. The number of aliphatic hydroxyl groups is 1. The van der Waals surface area contributed by atoms with Crippen LogP contribution < -0.4 is 10.6 Å². The van der Waals surface area contributed by atoms with E-state index >= 15 is 0 Å². The third-order valence-electron chi connectivity index (χ3n) is 4.07. The molecule has 0 bridgehead atoms. The number of halogens is 5. The van der Waals surface area contributed by atoms with Gasteiger partial charge in [0.05, 0.1) is 10.2 Å². The zero-order valence-corrected chi connectivity index (χ0v) is 17.6. The van der Waals surface area contributed by atoms with Crippen LogP contribution in [0.4, 0.5) is 28.9 Å². The van der Waals surface area contributed by atoms with Crippen LogP contribution in [0.2, 0.25) is 0 Å². The summed E-state index contributed by atoms with van der Waals surface area (Å²) in [6.07, 6.45) is 2.96. The first-order valence-electron chi connectivity index (χ1n) is 8.39. The Kier molecular flexibility index (Phi) is 8.97. The summed E-state index contributed by atoms with van der Waals surface area (Å²) in [6.45, 7) is 2.87. The number of anilines is 2. The molecule has 0 aliphatic heterocycles. The van der Waals surface area contributed by atoms with E-state index in [2.05, 4.69) is 22.9 Å². The maximum Gasteiger partial charge on any atom is 0.342 e. The summed E-state index contributed by atoms with van der Waals surface area (Å²) in [5.74, 6) is -1.20. The van der Waals surface area contributed by atoms with E-state index in [0.29, 0.717) is 16.8 Å². The first-order valence-corrected chi connectivity index (χ1v) is 9.19. The Hall–Kier alpha value is -2.06. The highest BCUT2D eigenvalue weighted by Crippen LogP contribution is 2.41. The van der Waals surface area contributed by atoms with E-state index in [1.807, 2.05) is 32.0 Å². The highest BCUT2D eigenvalue weighted by Gasteiger charge is 2.18. The van der Waals surface area contributed by atoms with Gasteiger partial charge in [0.2, 0.25) is 0 Å². The molecule has 0 atom stereocenters. The molecule has 0 fully saturated rings. The van der Waals surface area contributed by atoms with Crippen LogP contribution in [0.25, 0.3) is 11.1 Å². The number of nitrogens with two attached hydrogens (primary N) is 1. The Bertz CT molecular complexity index is 854. The second-order valence-electron chi connectivity index (χ2n) is 6.14. The summed E-state index contributed by atoms with van der Waals surface area (Å²) < 4.78 is 48.0. The highest BCUT2D eigenvalue weighted by atomic mass is 79.9. The van der Waals surface area contributed by atoms with Crippen molar-refractivity contribution < 1.29 is 22.7 Å². The van der Waals surface area contributed by atoms with Crippen molar-refractivity contribution in [2.24, 2.45) is 0 Å². The van der Waals surface area contributed by atoms with E-state index in [9.17, 15) is 17.6 Å². The SMILES string of the molecule is CCC(C)=CN(C)c1c(C)c(-c2ccc(F)cc2F)cc(N)c1Br.OC(F)F. The number of nitrogen functional groups attached to an aromatic ring is 1. The maximum absolute atomic E-state index is 14.2. The maximum atomic E-state index is 14.2. The zero-order chi connectivity index (χ0) is 21.6. The molecule has 0 heterocycles. The number of aliphatic hydroxyl groups excluding tert-OH is 1. The summed E-state index contributed by atoms with van der Waals surface area (Å²) in [4.78, 5) is 1.97. The Morgan fingerprint density at radius 2 is 1.82 bits per heavy atom. The molecule has 0 unspecified atom stereocenters. The minimum Gasteiger partial charge on any atom is -0.398 e. The molecule has 0 aliphatic rings. The lowest BCUT2D eigenvalue weighted by molar-refractivity contribution is -0.0728. The number of hydrogen-bond donors (Lipinski definition) is 2. The summed E-state index contributed by atoms with van der Waals surface area (Å²) in [5.41, 5.74) is 10.5. The zero-order valence-electron chi connectivity index (χ0n) is 16.0. The molecule has 8 heteroatoms. The summed E-state index contributed by atoms with van der Waals surface area (Å²) in [5, 5.41) is 6.72. The average molecular weight is 463 g/mol. The standard InChI is InChI=1S/C19H21BrF2N2.CH2F2O/c1-5-11(2)10-24(4)19-12(3)15(9-17(23)18(19)20)14-7-6-13(21)8-16(14)22;2-1(3)4/h6-10H,5,23H2,1-4H3;1,4H. The topological polar surface area (TPSA) is 49.5 Å². The minimum absolute atomic E-state index is 0.332. The van der Waals surface area contributed by atoms with Gasteiger partial charge in [-0.3, -0.25) is 0 Å². The van der Waals surface area contributed by atoms with Gasteiger partial charge in [-0.2, -0.15) is 8.78 Å². The highest BCUT2D eigenvalue weighted by molar-refractivity contribution is 9.10. The van der Waals surface area contributed by atoms with Crippen LogP contribution in [0.5, 0.6) is 0 Å². The summed E-state index contributed by atoms with van der Waals surface area (Å²) in [6, 6.07) is 5.29. The van der Waals surface area contributed by atoms with E-state index in [4.69, 9.17) is 10.8 Å². The van der Waals surface area contributed by atoms with Crippen LogP contribution in [0.3, 0.4) is 0 Å². The Balaban J connectivity index is 0.000000892. The minimum atomic E-state index is -3.17. The predicted octanol–water partition coefficient (Wildman–Crippen LogP) is 6.24. The first-order chi connectivity index (χ1) is 13.0. The molecule has 0 aliphatic carbocycles. The van der Waals surface area contributed by atoms with Crippen molar-refractivity contribution >= 4 is 27.3 Å². The molecular formula is C20H23BrF4N2O. The van der Waals surface area contributed by atoms with Gasteiger partial charge < -0.3 is 15.7 Å². The lowest BCUT2D eigenvalue weighted by Gasteiger charge is -2.23. The number of alkyl halides is 2. The molecule has 0 spiro atoms. The molecule has 2 rings (SSSR count). The molecule has 0 amide bonds. The smallest absolute Gasteiger partial charge is 0.342 e. The molecule has 0 saturated carbocycles. The first kappa shape index (κ1) is 24.0. The van der Waals surface area contributed by atoms with Gasteiger partial charge in [-0.25, -0.2) is 8.78 Å². The van der Waals surface area contributed by atoms with Crippen molar-refractivity contribution in [2.45, 2.75) is 33.8 Å². The lowest BCUT2D eigenvalue weighted by atomic mass is 9.97. The molecular weight excluding hydrogens is 440 g/mol.